The first-order valence-corrected chi connectivity index (χ1v) is 8.95. The minimum absolute atomic E-state index is 0.200. The van der Waals surface area contributed by atoms with Gasteiger partial charge in [-0.15, -0.1) is 10.2 Å². The molecule has 1 N–H and O–H groups in total. The standard InChI is InChI=1S/C18H20N6OS/c1-12-4-9-17(22-20-12)19-18(25)15-7-5-14(6-8-15)10-24(3)11-16-13(2)21-23-26-16/h4-9H,10-11H2,1-3H3,(H,19,22,25). The van der Waals surface area contributed by atoms with Gasteiger partial charge in [-0.1, -0.05) is 16.6 Å². The van der Waals surface area contributed by atoms with Gasteiger partial charge < -0.3 is 5.32 Å². The molecule has 0 bridgehead atoms. The molecule has 1 amide bonds. The Kier molecular flexibility index (Phi) is 5.65. The van der Waals surface area contributed by atoms with Gasteiger partial charge in [0.1, 0.15) is 0 Å². The molecule has 0 atom stereocenters. The van der Waals surface area contributed by atoms with E-state index in [1.807, 2.05) is 44.2 Å². The van der Waals surface area contributed by atoms with Crippen LogP contribution in [0.2, 0.25) is 0 Å². The third-order valence-corrected chi connectivity index (χ3v) is 4.68. The van der Waals surface area contributed by atoms with Crippen LogP contribution in [0.4, 0.5) is 5.82 Å². The van der Waals surface area contributed by atoms with Crippen molar-refractivity contribution in [1.29, 1.82) is 0 Å². The number of aromatic nitrogens is 4. The largest absolute Gasteiger partial charge is 0.305 e. The summed E-state index contributed by atoms with van der Waals surface area (Å²) in [5.41, 5.74) is 3.50. The van der Waals surface area contributed by atoms with Crippen molar-refractivity contribution in [1.82, 2.24) is 24.7 Å². The summed E-state index contributed by atoms with van der Waals surface area (Å²) in [5, 5.41) is 14.7. The van der Waals surface area contributed by atoms with Gasteiger partial charge in [-0.25, -0.2) is 0 Å². The van der Waals surface area contributed by atoms with E-state index in [4.69, 9.17) is 0 Å². The lowest BCUT2D eigenvalue weighted by Crippen LogP contribution is -2.17. The number of rotatable bonds is 6. The molecule has 0 fully saturated rings. The van der Waals surface area contributed by atoms with Gasteiger partial charge in [0.25, 0.3) is 5.91 Å². The Balaban J connectivity index is 1.58. The van der Waals surface area contributed by atoms with Crippen LogP contribution >= 0.6 is 11.5 Å². The summed E-state index contributed by atoms with van der Waals surface area (Å²) < 4.78 is 3.96. The van der Waals surface area contributed by atoms with E-state index in [9.17, 15) is 4.79 Å². The van der Waals surface area contributed by atoms with E-state index in [1.165, 1.54) is 16.4 Å². The molecule has 0 saturated carbocycles. The second kappa shape index (κ2) is 8.11. The number of amides is 1. The number of anilines is 1. The van der Waals surface area contributed by atoms with Gasteiger partial charge in [0, 0.05) is 18.7 Å². The maximum absolute atomic E-state index is 12.3. The molecule has 3 rings (SSSR count). The Hall–Kier alpha value is -2.71. The Bertz CT molecular complexity index is 875. The molecule has 1 aromatic carbocycles. The lowest BCUT2D eigenvalue weighted by Gasteiger charge is -2.16. The van der Waals surface area contributed by atoms with Crippen molar-refractivity contribution < 1.29 is 4.79 Å². The number of hydrogen-bond donors (Lipinski definition) is 1. The van der Waals surface area contributed by atoms with Gasteiger partial charge in [-0.05, 0) is 62.3 Å². The summed E-state index contributed by atoms with van der Waals surface area (Å²) in [6, 6.07) is 11.1. The molecule has 0 unspecified atom stereocenters. The number of hydrogen-bond acceptors (Lipinski definition) is 7. The van der Waals surface area contributed by atoms with Crippen molar-refractivity contribution in [2.24, 2.45) is 0 Å². The van der Waals surface area contributed by atoms with Crippen molar-refractivity contribution in [3.8, 4) is 0 Å². The van der Waals surface area contributed by atoms with Crippen molar-refractivity contribution in [3.05, 3.63) is 63.8 Å². The summed E-state index contributed by atoms with van der Waals surface area (Å²) in [4.78, 5) is 15.6. The summed E-state index contributed by atoms with van der Waals surface area (Å²) in [6.07, 6.45) is 0. The fourth-order valence-electron chi connectivity index (χ4n) is 2.42. The highest BCUT2D eigenvalue weighted by Crippen LogP contribution is 2.14. The van der Waals surface area contributed by atoms with E-state index in [0.29, 0.717) is 11.4 Å². The molecule has 0 aliphatic heterocycles. The lowest BCUT2D eigenvalue weighted by atomic mass is 10.1. The first kappa shape index (κ1) is 18.1. The van der Waals surface area contributed by atoms with Crippen LogP contribution in [0.3, 0.4) is 0 Å². The Morgan fingerprint density at radius 2 is 1.81 bits per heavy atom. The maximum Gasteiger partial charge on any atom is 0.256 e. The van der Waals surface area contributed by atoms with Crippen LogP contribution in [0.1, 0.15) is 32.2 Å². The van der Waals surface area contributed by atoms with E-state index < -0.39 is 0 Å². The zero-order valence-electron chi connectivity index (χ0n) is 14.9. The third-order valence-electron chi connectivity index (χ3n) is 3.87. The fourth-order valence-corrected chi connectivity index (χ4v) is 3.14. The predicted molar refractivity (Wildman–Crippen MR) is 101 cm³/mol. The fraction of sp³-hybridized carbons (Fsp3) is 0.278. The second-order valence-corrected chi connectivity index (χ2v) is 7.00. The molecule has 26 heavy (non-hydrogen) atoms. The van der Waals surface area contributed by atoms with Gasteiger partial charge in [0.2, 0.25) is 0 Å². The van der Waals surface area contributed by atoms with Crippen molar-refractivity contribution in [3.63, 3.8) is 0 Å². The van der Waals surface area contributed by atoms with Crippen LogP contribution in [-0.2, 0) is 13.1 Å². The molecule has 0 saturated heterocycles. The summed E-state index contributed by atoms with van der Waals surface area (Å²) in [7, 11) is 2.05. The maximum atomic E-state index is 12.3. The quantitative estimate of drug-likeness (QED) is 0.720. The Morgan fingerprint density at radius 3 is 2.42 bits per heavy atom. The van der Waals surface area contributed by atoms with Crippen LogP contribution in [0, 0.1) is 13.8 Å². The molecule has 0 spiro atoms. The third kappa shape index (κ3) is 4.68. The van der Waals surface area contributed by atoms with Crippen molar-refractivity contribution >= 4 is 23.3 Å². The molecule has 134 valence electrons. The van der Waals surface area contributed by atoms with Crippen molar-refractivity contribution in [2.45, 2.75) is 26.9 Å². The van der Waals surface area contributed by atoms with E-state index in [2.05, 4.69) is 37.0 Å². The average Bonchev–Trinajstić information content (AvgIpc) is 3.02. The molecule has 8 heteroatoms. The summed E-state index contributed by atoms with van der Waals surface area (Å²) >= 11 is 1.43. The molecule has 2 aromatic heterocycles. The molecule has 0 aliphatic carbocycles. The zero-order chi connectivity index (χ0) is 18.5. The number of carbonyl (C=O) groups is 1. The smallest absolute Gasteiger partial charge is 0.256 e. The lowest BCUT2D eigenvalue weighted by molar-refractivity contribution is 0.102. The topological polar surface area (TPSA) is 83.9 Å². The average molecular weight is 368 g/mol. The van der Waals surface area contributed by atoms with E-state index >= 15 is 0 Å². The predicted octanol–water partition coefficient (Wildman–Crippen LogP) is 2.83. The van der Waals surface area contributed by atoms with E-state index in [1.54, 1.807) is 6.07 Å². The number of aryl methyl sites for hydroxylation is 2. The molecule has 3 aromatic rings. The number of carbonyl (C=O) groups excluding carboxylic acids is 1. The molecule has 0 radical (unpaired) electrons. The summed E-state index contributed by atoms with van der Waals surface area (Å²) in [5.74, 6) is 0.243. The number of nitrogens with zero attached hydrogens (tertiary/aromatic N) is 5. The number of nitrogens with one attached hydrogen (secondary N) is 1. The molecule has 7 nitrogen and oxygen atoms in total. The summed E-state index contributed by atoms with van der Waals surface area (Å²) in [6.45, 7) is 5.40. The monoisotopic (exact) mass is 368 g/mol. The Morgan fingerprint density at radius 1 is 1.04 bits per heavy atom. The van der Waals surface area contributed by atoms with Crippen LogP contribution in [0.5, 0.6) is 0 Å². The SMILES string of the molecule is Cc1ccc(NC(=O)c2ccc(CN(C)Cc3snnc3C)cc2)nn1. The highest BCUT2D eigenvalue weighted by Gasteiger charge is 2.10. The van der Waals surface area contributed by atoms with Crippen molar-refractivity contribution in [2.75, 3.05) is 12.4 Å². The Labute approximate surface area is 156 Å². The highest BCUT2D eigenvalue weighted by atomic mass is 32.1. The van der Waals surface area contributed by atoms with E-state index in [-0.39, 0.29) is 5.91 Å². The molecule has 0 aliphatic rings. The second-order valence-electron chi connectivity index (χ2n) is 6.16. The molecular weight excluding hydrogens is 348 g/mol. The highest BCUT2D eigenvalue weighted by molar-refractivity contribution is 7.05. The first-order chi connectivity index (χ1) is 12.5. The van der Waals surface area contributed by atoms with Gasteiger partial charge >= 0.3 is 0 Å². The van der Waals surface area contributed by atoms with Crippen LogP contribution in [-0.4, -0.2) is 37.6 Å². The minimum Gasteiger partial charge on any atom is -0.305 e. The first-order valence-electron chi connectivity index (χ1n) is 8.18. The van der Waals surface area contributed by atoms with Gasteiger partial charge in [0.15, 0.2) is 5.82 Å². The van der Waals surface area contributed by atoms with Gasteiger partial charge in [0.05, 0.1) is 16.3 Å². The number of benzene rings is 1. The van der Waals surface area contributed by atoms with Gasteiger partial charge in [-0.3, -0.25) is 9.69 Å². The van der Waals surface area contributed by atoms with Crippen LogP contribution in [0.25, 0.3) is 0 Å². The normalized spacial score (nSPS) is 10.9. The van der Waals surface area contributed by atoms with Crippen LogP contribution < -0.4 is 5.32 Å². The molecule has 2 heterocycles. The van der Waals surface area contributed by atoms with Crippen LogP contribution in [0.15, 0.2) is 36.4 Å². The molecular formula is C18H20N6OS. The minimum atomic E-state index is -0.200. The van der Waals surface area contributed by atoms with E-state index in [0.717, 1.165) is 30.0 Å². The van der Waals surface area contributed by atoms with Gasteiger partial charge in [-0.2, -0.15) is 5.10 Å². The zero-order valence-corrected chi connectivity index (χ0v) is 15.7.